The van der Waals surface area contributed by atoms with Crippen LogP contribution in [0.2, 0.25) is 5.02 Å². The standard InChI is InChI=1S/C19H22ClN3O6/c20-16-12-14(23(25)26)2-4-17(16)28-13-15-3-5-18(29-15)19(24)21-6-1-7-22-8-10-27-11-9-22/h2-5,12H,1,6-11,13H2,(H,21,24). The normalized spacial score (nSPS) is 14.5. The molecule has 1 fully saturated rings. The maximum Gasteiger partial charge on any atom is 0.286 e. The lowest BCUT2D eigenvalue weighted by Gasteiger charge is -2.26. The second-order valence-electron chi connectivity index (χ2n) is 6.49. The molecular weight excluding hydrogens is 402 g/mol. The smallest absolute Gasteiger partial charge is 0.286 e. The average molecular weight is 424 g/mol. The van der Waals surface area contributed by atoms with Crippen LogP contribution >= 0.6 is 11.6 Å². The number of rotatable bonds is 9. The Balaban J connectivity index is 1.42. The zero-order valence-electron chi connectivity index (χ0n) is 15.8. The van der Waals surface area contributed by atoms with Crippen LogP contribution in [0.5, 0.6) is 5.75 Å². The van der Waals surface area contributed by atoms with E-state index in [1.54, 1.807) is 12.1 Å². The van der Waals surface area contributed by atoms with Crippen LogP contribution in [0, 0.1) is 10.1 Å². The van der Waals surface area contributed by atoms with E-state index in [0.717, 1.165) is 39.3 Å². The number of non-ortho nitro benzene ring substituents is 1. The Morgan fingerprint density at radius 1 is 1.28 bits per heavy atom. The maximum atomic E-state index is 12.2. The fraction of sp³-hybridized carbons (Fsp3) is 0.421. The highest BCUT2D eigenvalue weighted by Gasteiger charge is 2.14. The van der Waals surface area contributed by atoms with Gasteiger partial charge in [-0.25, -0.2) is 0 Å². The van der Waals surface area contributed by atoms with Gasteiger partial charge in [0, 0.05) is 31.8 Å². The quantitative estimate of drug-likeness (QED) is 0.375. The van der Waals surface area contributed by atoms with E-state index in [4.69, 9.17) is 25.5 Å². The van der Waals surface area contributed by atoms with Gasteiger partial charge < -0.3 is 19.2 Å². The lowest BCUT2D eigenvalue weighted by Crippen LogP contribution is -2.38. The minimum atomic E-state index is -0.534. The predicted molar refractivity (Wildman–Crippen MR) is 105 cm³/mol. The van der Waals surface area contributed by atoms with Crippen molar-refractivity contribution in [1.82, 2.24) is 10.2 Å². The Bertz CT molecular complexity index is 850. The molecule has 0 saturated carbocycles. The van der Waals surface area contributed by atoms with Crippen LogP contribution in [0.3, 0.4) is 0 Å². The van der Waals surface area contributed by atoms with Gasteiger partial charge in [0.1, 0.15) is 18.1 Å². The van der Waals surface area contributed by atoms with E-state index < -0.39 is 4.92 Å². The molecule has 2 heterocycles. The molecule has 0 bridgehead atoms. The highest BCUT2D eigenvalue weighted by atomic mass is 35.5. The predicted octanol–water partition coefficient (Wildman–Crippen LogP) is 2.87. The van der Waals surface area contributed by atoms with Crippen LogP contribution in [-0.4, -0.2) is 55.1 Å². The summed E-state index contributed by atoms with van der Waals surface area (Å²) in [6, 6.07) is 7.16. The van der Waals surface area contributed by atoms with E-state index >= 15 is 0 Å². The molecule has 9 nitrogen and oxygen atoms in total. The zero-order valence-corrected chi connectivity index (χ0v) is 16.5. The van der Waals surface area contributed by atoms with E-state index in [9.17, 15) is 14.9 Å². The summed E-state index contributed by atoms with van der Waals surface area (Å²) in [6.45, 7) is 4.88. The molecule has 2 aromatic rings. The van der Waals surface area contributed by atoms with Gasteiger partial charge in [0.25, 0.3) is 11.6 Å². The van der Waals surface area contributed by atoms with Crippen molar-refractivity contribution in [3.63, 3.8) is 0 Å². The highest BCUT2D eigenvalue weighted by Crippen LogP contribution is 2.29. The number of benzene rings is 1. The number of hydrogen-bond acceptors (Lipinski definition) is 7. The molecule has 1 amide bonds. The van der Waals surface area contributed by atoms with Crippen molar-refractivity contribution in [2.24, 2.45) is 0 Å². The van der Waals surface area contributed by atoms with Gasteiger partial charge in [0.15, 0.2) is 5.76 Å². The van der Waals surface area contributed by atoms with Gasteiger partial charge in [-0.1, -0.05) is 11.6 Å². The number of nitrogens with one attached hydrogen (secondary N) is 1. The summed E-state index contributed by atoms with van der Waals surface area (Å²) in [7, 11) is 0. The van der Waals surface area contributed by atoms with Crippen LogP contribution in [-0.2, 0) is 11.3 Å². The van der Waals surface area contributed by atoms with Gasteiger partial charge in [0.05, 0.1) is 23.2 Å². The first-order chi connectivity index (χ1) is 14.0. The molecule has 1 saturated heterocycles. The van der Waals surface area contributed by atoms with Crippen molar-refractivity contribution >= 4 is 23.2 Å². The fourth-order valence-corrected chi connectivity index (χ4v) is 3.09. The van der Waals surface area contributed by atoms with Gasteiger partial charge in [-0.3, -0.25) is 19.8 Å². The van der Waals surface area contributed by atoms with E-state index in [0.29, 0.717) is 18.1 Å². The van der Waals surface area contributed by atoms with Gasteiger partial charge in [0.2, 0.25) is 0 Å². The second kappa shape index (κ2) is 10.2. The minimum Gasteiger partial charge on any atom is -0.484 e. The highest BCUT2D eigenvalue weighted by molar-refractivity contribution is 6.32. The number of nitro groups is 1. The third kappa shape index (κ3) is 6.18. The van der Waals surface area contributed by atoms with Crippen molar-refractivity contribution < 1.29 is 23.6 Å². The number of carbonyl (C=O) groups is 1. The van der Waals surface area contributed by atoms with Crippen LogP contribution in [0.4, 0.5) is 5.69 Å². The molecule has 0 atom stereocenters. The first kappa shape index (κ1) is 21.1. The molecule has 1 aromatic carbocycles. The van der Waals surface area contributed by atoms with Crippen LogP contribution in [0.1, 0.15) is 22.7 Å². The molecule has 0 radical (unpaired) electrons. The number of furan rings is 1. The number of ether oxygens (including phenoxy) is 2. The molecule has 156 valence electrons. The molecule has 0 aliphatic carbocycles. The molecular formula is C19H22ClN3O6. The Hall–Kier alpha value is -2.62. The summed E-state index contributed by atoms with van der Waals surface area (Å²) in [5.74, 6) is 0.650. The number of amides is 1. The number of nitro benzene ring substituents is 1. The molecule has 0 unspecified atom stereocenters. The van der Waals surface area contributed by atoms with Gasteiger partial charge in [-0.15, -0.1) is 0 Å². The third-order valence-electron chi connectivity index (χ3n) is 4.42. The lowest BCUT2D eigenvalue weighted by molar-refractivity contribution is -0.384. The van der Waals surface area contributed by atoms with Gasteiger partial charge in [-0.2, -0.15) is 0 Å². The number of carbonyl (C=O) groups excluding carboxylic acids is 1. The molecule has 1 N–H and O–H groups in total. The van der Waals surface area contributed by atoms with Crippen LogP contribution in [0.15, 0.2) is 34.7 Å². The second-order valence-corrected chi connectivity index (χ2v) is 6.90. The van der Waals surface area contributed by atoms with E-state index in [2.05, 4.69) is 10.2 Å². The first-order valence-corrected chi connectivity index (χ1v) is 9.64. The summed E-state index contributed by atoms with van der Waals surface area (Å²) < 4.78 is 16.3. The molecule has 29 heavy (non-hydrogen) atoms. The fourth-order valence-electron chi connectivity index (χ4n) is 2.86. The Labute approximate surface area is 172 Å². The largest absolute Gasteiger partial charge is 0.484 e. The molecule has 1 aliphatic heterocycles. The molecule has 1 aliphatic rings. The van der Waals surface area contributed by atoms with Crippen LogP contribution < -0.4 is 10.1 Å². The van der Waals surface area contributed by atoms with E-state index in [1.807, 2.05) is 0 Å². The number of halogens is 1. The Morgan fingerprint density at radius 3 is 2.79 bits per heavy atom. The maximum absolute atomic E-state index is 12.2. The van der Waals surface area contributed by atoms with E-state index in [-0.39, 0.29) is 29.0 Å². The SMILES string of the molecule is O=C(NCCCN1CCOCC1)c1ccc(COc2ccc([N+](=O)[O-])cc2Cl)o1. The third-order valence-corrected chi connectivity index (χ3v) is 4.72. The summed E-state index contributed by atoms with van der Waals surface area (Å²) in [4.78, 5) is 24.7. The summed E-state index contributed by atoms with van der Waals surface area (Å²) >= 11 is 5.99. The number of hydrogen-bond donors (Lipinski definition) is 1. The molecule has 3 rings (SSSR count). The van der Waals surface area contributed by atoms with Crippen molar-refractivity contribution in [3.8, 4) is 5.75 Å². The number of morpholine rings is 1. The Morgan fingerprint density at radius 2 is 2.07 bits per heavy atom. The molecule has 0 spiro atoms. The molecule has 1 aromatic heterocycles. The van der Waals surface area contributed by atoms with Crippen LogP contribution in [0.25, 0.3) is 0 Å². The Kier molecular flexibility index (Phi) is 7.45. The monoisotopic (exact) mass is 423 g/mol. The first-order valence-electron chi connectivity index (χ1n) is 9.26. The lowest BCUT2D eigenvalue weighted by atomic mass is 10.3. The van der Waals surface area contributed by atoms with Gasteiger partial charge >= 0.3 is 0 Å². The van der Waals surface area contributed by atoms with E-state index in [1.165, 1.54) is 18.2 Å². The summed E-state index contributed by atoms with van der Waals surface area (Å²) in [5.41, 5.74) is -0.118. The topological polar surface area (TPSA) is 107 Å². The van der Waals surface area contributed by atoms with Crippen molar-refractivity contribution in [2.45, 2.75) is 13.0 Å². The minimum absolute atomic E-state index is 0.0435. The number of nitrogens with zero attached hydrogens (tertiary/aromatic N) is 2. The average Bonchev–Trinajstić information content (AvgIpc) is 3.20. The van der Waals surface area contributed by atoms with Crippen molar-refractivity contribution in [1.29, 1.82) is 0 Å². The zero-order chi connectivity index (χ0) is 20.6. The summed E-state index contributed by atoms with van der Waals surface area (Å²) in [5, 5.41) is 13.7. The van der Waals surface area contributed by atoms with Crippen molar-refractivity contribution in [2.75, 3.05) is 39.4 Å². The van der Waals surface area contributed by atoms with Gasteiger partial charge in [-0.05, 0) is 31.2 Å². The molecule has 10 heteroatoms. The summed E-state index contributed by atoms with van der Waals surface area (Å²) in [6.07, 6.45) is 0.848. The van der Waals surface area contributed by atoms with Crippen molar-refractivity contribution in [3.05, 3.63) is 57.0 Å².